The predicted molar refractivity (Wildman–Crippen MR) is 114 cm³/mol. The number of anilines is 1. The second-order valence-electron chi connectivity index (χ2n) is 7.20. The van der Waals surface area contributed by atoms with E-state index >= 15 is 0 Å². The van der Waals surface area contributed by atoms with E-state index in [0.29, 0.717) is 11.6 Å². The van der Waals surface area contributed by atoms with Gasteiger partial charge in [-0.2, -0.15) is 0 Å². The molecule has 3 aromatic rings. The predicted octanol–water partition coefficient (Wildman–Crippen LogP) is 4.47. The Labute approximate surface area is 174 Å². The fourth-order valence-corrected chi connectivity index (χ4v) is 3.55. The van der Waals surface area contributed by atoms with Crippen molar-refractivity contribution in [3.05, 3.63) is 65.7 Å². The molecule has 0 saturated heterocycles. The fourth-order valence-electron chi connectivity index (χ4n) is 3.55. The van der Waals surface area contributed by atoms with E-state index in [1.807, 2.05) is 24.3 Å². The molecule has 2 aromatic carbocycles. The first-order valence-corrected chi connectivity index (χ1v) is 9.99. The molecule has 7 heteroatoms. The van der Waals surface area contributed by atoms with Crippen LogP contribution in [0.2, 0.25) is 0 Å². The van der Waals surface area contributed by atoms with Crippen molar-refractivity contribution in [1.29, 1.82) is 0 Å². The highest BCUT2D eigenvalue weighted by molar-refractivity contribution is 6.02. The van der Waals surface area contributed by atoms with Crippen molar-refractivity contribution in [2.45, 2.75) is 32.2 Å². The van der Waals surface area contributed by atoms with Crippen LogP contribution in [0, 0.1) is 5.82 Å². The minimum Gasteiger partial charge on any atom is -0.497 e. The second-order valence-corrected chi connectivity index (χ2v) is 7.20. The van der Waals surface area contributed by atoms with Gasteiger partial charge in [0.1, 0.15) is 17.4 Å². The molecule has 6 nitrogen and oxygen atoms in total. The number of rotatable bonds is 5. The minimum absolute atomic E-state index is 0.110. The SMILES string of the molecule is COc1cccc(C=CC(=O)Nc2cc(-c3nnc4n3CCCCC4)ccc2F)c1. The summed E-state index contributed by atoms with van der Waals surface area (Å²) < 4.78 is 21.6. The number of carbonyl (C=O) groups is 1. The van der Waals surface area contributed by atoms with Gasteiger partial charge < -0.3 is 14.6 Å². The van der Waals surface area contributed by atoms with Gasteiger partial charge in [0.15, 0.2) is 5.82 Å². The summed E-state index contributed by atoms with van der Waals surface area (Å²) in [6.45, 7) is 0.847. The van der Waals surface area contributed by atoms with Crippen LogP contribution in [0.15, 0.2) is 48.5 Å². The van der Waals surface area contributed by atoms with E-state index in [9.17, 15) is 9.18 Å². The van der Waals surface area contributed by atoms with Gasteiger partial charge in [0.2, 0.25) is 5.91 Å². The number of hydrogen-bond acceptors (Lipinski definition) is 4. The van der Waals surface area contributed by atoms with Gasteiger partial charge in [0, 0.05) is 24.6 Å². The van der Waals surface area contributed by atoms with Crippen molar-refractivity contribution < 1.29 is 13.9 Å². The fraction of sp³-hybridized carbons (Fsp3) is 0.261. The summed E-state index contributed by atoms with van der Waals surface area (Å²) in [5.74, 6) is 1.43. The Morgan fingerprint density at radius 3 is 2.93 bits per heavy atom. The van der Waals surface area contributed by atoms with Crippen LogP contribution in [0.1, 0.15) is 30.7 Å². The lowest BCUT2D eigenvalue weighted by atomic mass is 10.1. The maximum atomic E-state index is 14.3. The summed E-state index contributed by atoms with van der Waals surface area (Å²) in [6, 6.07) is 11.9. The second kappa shape index (κ2) is 8.90. The highest BCUT2D eigenvalue weighted by Gasteiger charge is 2.17. The Balaban J connectivity index is 1.53. The van der Waals surface area contributed by atoms with Crippen molar-refractivity contribution in [1.82, 2.24) is 14.8 Å². The van der Waals surface area contributed by atoms with Crippen LogP contribution in [0.5, 0.6) is 5.75 Å². The van der Waals surface area contributed by atoms with Crippen LogP contribution in [-0.2, 0) is 17.8 Å². The maximum Gasteiger partial charge on any atom is 0.248 e. The molecule has 0 fully saturated rings. The first kappa shape index (κ1) is 19.8. The number of amides is 1. The molecule has 0 saturated carbocycles. The van der Waals surface area contributed by atoms with Crippen LogP contribution < -0.4 is 10.1 Å². The van der Waals surface area contributed by atoms with Crippen LogP contribution in [0.3, 0.4) is 0 Å². The Hall–Kier alpha value is -3.48. The van der Waals surface area contributed by atoms with Gasteiger partial charge in [-0.25, -0.2) is 4.39 Å². The molecule has 30 heavy (non-hydrogen) atoms. The molecule has 2 heterocycles. The molecule has 1 aliphatic heterocycles. The lowest BCUT2D eigenvalue weighted by molar-refractivity contribution is -0.111. The molecule has 0 atom stereocenters. The number of fused-ring (bicyclic) bond motifs is 1. The number of aryl methyl sites for hydroxylation is 1. The minimum atomic E-state index is -0.502. The maximum absolute atomic E-state index is 14.3. The monoisotopic (exact) mass is 406 g/mol. The van der Waals surface area contributed by atoms with E-state index in [4.69, 9.17) is 4.74 Å². The van der Waals surface area contributed by atoms with E-state index in [0.717, 1.165) is 49.2 Å². The van der Waals surface area contributed by atoms with E-state index < -0.39 is 11.7 Å². The average molecular weight is 406 g/mol. The number of nitrogens with one attached hydrogen (secondary N) is 1. The highest BCUT2D eigenvalue weighted by Crippen LogP contribution is 2.26. The smallest absolute Gasteiger partial charge is 0.248 e. The van der Waals surface area contributed by atoms with Crippen molar-refractivity contribution in [2.24, 2.45) is 0 Å². The Bertz CT molecular complexity index is 1090. The molecule has 4 rings (SSSR count). The van der Waals surface area contributed by atoms with Gasteiger partial charge in [-0.3, -0.25) is 4.79 Å². The molecule has 0 spiro atoms. The number of hydrogen-bond donors (Lipinski definition) is 1. The molecule has 154 valence electrons. The third-order valence-corrected chi connectivity index (χ3v) is 5.11. The molecule has 1 amide bonds. The van der Waals surface area contributed by atoms with Gasteiger partial charge in [-0.15, -0.1) is 10.2 Å². The van der Waals surface area contributed by atoms with Crippen molar-refractivity contribution in [3.63, 3.8) is 0 Å². The van der Waals surface area contributed by atoms with Crippen molar-refractivity contribution in [2.75, 3.05) is 12.4 Å². The topological polar surface area (TPSA) is 69.0 Å². The van der Waals surface area contributed by atoms with Crippen LogP contribution in [0.4, 0.5) is 10.1 Å². The van der Waals surface area contributed by atoms with Gasteiger partial charge in [0.05, 0.1) is 12.8 Å². The number of halogens is 1. The number of carbonyl (C=O) groups excluding carboxylic acids is 1. The number of nitrogens with zero attached hydrogens (tertiary/aromatic N) is 3. The van der Waals surface area contributed by atoms with Gasteiger partial charge in [-0.05, 0) is 54.8 Å². The molecular weight excluding hydrogens is 383 g/mol. The lowest BCUT2D eigenvalue weighted by Crippen LogP contribution is -2.10. The number of ether oxygens (including phenoxy) is 1. The van der Waals surface area contributed by atoms with Crippen molar-refractivity contribution >= 4 is 17.7 Å². The van der Waals surface area contributed by atoms with Gasteiger partial charge >= 0.3 is 0 Å². The summed E-state index contributed by atoms with van der Waals surface area (Å²) in [7, 11) is 1.58. The van der Waals surface area contributed by atoms with E-state index in [-0.39, 0.29) is 5.69 Å². The summed E-state index contributed by atoms with van der Waals surface area (Å²) >= 11 is 0. The number of benzene rings is 2. The lowest BCUT2D eigenvalue weighted by Gasteiger charge is -2.09. The normalized spacial score (nSPS) is 13.7. The highest BCUT2D eigenvalue weighted by atomic mass is 19.1. The van der Waals surface area contributed by atoms with Crippen LogP contribution in [0.25, 0.3) is 17.5 Å². The standard InChI is InChI=1S/C23H23FN4O2/c1-30-18-7-5-6-16(14-18)9-12-22(29)25-20-15-17(10-11-19(20)24)23-27-26-21-8-3-2-4-13-28(21)23/h5-7,9-12,14-15H,2-4,8,13H2,1H3,(H,25,29). The molecule has 0 radical (unpaired) electrons. The quantitative estimate of drug-likeness (QED) is 0.635. The first-order chi connectivity index (χ1) is 14.6. The summed E-state index contributed by atoms with van der Waals surface area (Å²) in [6.07, 6.45) is 7.24. The third kappa shape index (κ3) is 4.40. The van der Waals surface area contributed by atoms with E-state index in [1.54, 1.807) is 25.3 Å². The third-order valence-electron chi connectivity index (χ3n) is 5.11. The van der Waals surface area contributed by atoms with E-state index in [2.05, 4.69) is 20.1 Å². The molecule has 0 unspecified atom stereocenters. The molecule has 0 bridgehead atoms. The molecular formula is C23H23FN4O2. The summed E-state index contributed by atoms with van der Waals surface area (Å²) in [5.41, 5.74) is 1.65. The molecule has 0 aliphatic carbocycles. The van der Waals surface area contributed by atoms with Crippen LogP contribution in [-0.4, -0.2) is 27.8 Å². The first-order valence-electron chi connectivity index (χ1n) is 9.99. The summed E-state index contributed by atoms with van der Waals surface area (Å²) in [4.78, 5) is 12.3. The van der Waals surface area contributed by atoms with Gasteiger partial charge in [0.25, 0.3) is 0 Å². The molecule has 1 N–H and O–H groups in total. The number of methoxy groups -OCH3 is 1. The zero-order valence-corrected chi connectivity index (χ0v) is 16.8. The molecule has 1 aromatic heterocycles. The Kier molecular flexibility index (Phi) is 5.88. The summed E-state index contributed by atoms with van der Waals surface area (Å²) in [5, 5.41) is 11.2. The average Bonchev–Trinajstić information content (AvgIpc) is 3.02. The largest absolute Gasteiger partial charge is 0.497 e. The zero-order valence-electron chi connectivity index (χ0n) is 16.8. The molecule has 1 aliphatic rings. The van der Waals surface area contributed by atoms with Crippen molar-refractivity contribution in [3.8, 4) is 17.1 Å². The van der Waals surface area contributed by atoms with E-state index in [1.165, 1.54) is 12.1 Å². The number of aromatic nitrogens is 3. The van der Waals surface area contributed by atoms with Gasteiger partial charge in [-0.1, -0.05) is 18.6 Å². The van der Waals surface area contributed by atoms with Crippen LogP contribution >= 0.6 is 0 Å². The Morgan fingerprint density at radius 1 is 1.17 bits per heavy atom. The Morgan fingerprint density at radius 2 is 2.07 bits per heavy atom. The zero-order chi connectivity index (χ0) is 20.9.